The summed E-state index contributed by atoms with van der Waals surface area (Å²) < 4.78 is 47.5. The highest BCUT2D eigenvalue weighted by Crippen LogP contribution is 2.23. The molecule has 0 atom stereocenters. The Labute approximate surface area is 231 Å². The lowest BCUT2D eigenvalue weighted by Gasteiger charge is -2.11. The second kappa shape index (κ2) is 13.4. The van der Waals surface area contributed by atoms with Gasteiger partial charge < -0.3 is 24.3 Å². The number of benzene rings is 2. The molecule has 13 heteroatoms. The summed E-state index contributed by atoms with van der Waals surface area (Å²) in [7, 11) is -1.22. The fourth-order valence-corrected chi connectivity index (χ4v) is 4.33. The first-order chi connectivity index (χ1) is 19.0. The number of nitrogens with one attached hydrogen (secondary N) is 2. The number of rotatable bonds is 11. The highest BCUT2D eigenvalue weighted by molar-refractivity contribution is 7.90. The summed E-state index contributed by atoms with van der Waals surface area (Å²) in [4.78, 5) is 40.3. The van der Waals surface area contributed by atoms with Crippen LogP contribution in [0.5, 0.6) is 17.4 Å². The lowest BCUT2D eigenvalue weighted by atomic mass is 10.1. The predicted octanol–water partition coefficient (Wildman–Crippen LogP) is 3.11. The van der Waals surface area contributed by atoms with Crippen LogP contribution in [0.2, 0.25) is 0 Å². The lowest BCUT2D eigenvalue weighted by Crippen LogP contribution is -2.30. The number of nitrogens with zero attached hydrogens (tertiary/aromatic N) is 1. The van der Waals surface area contributed by atoms with Gasteiger partial charge in [-0.2, -0.15) is 0 Å². The molecule has 0 saturated heterocycles. The smallest absolute Gasteiger partial charge is 0.497 e. The topological polar surface area (TPSA) is 159 Å². The maximum Gasteiger partial charge on any atom is 0.515 e. The van der Waals surface area contributed by atoms with Gasteiger partial charge in [-0.1, -0.05) is 12.1 Å². The average Bonchev–Trinajstić information content (AvgIpc) is 2.92. The van der Waals surface area contributed by atoms with E-state index in [2.05, 4.69) is 10.3 Å². The molecule has 1 aromatic heterocycles. The Morgan fingerprint density at radius 1 is 0.925 bits per heavy atom. The van der Waals surface area contributed by atoms with E-state index in [0.717, 1.165) is 11.8 Å². The number of ether oxygens (including phenoxy) is 4. The van der Waals surface area contributed by atoms with Gasteiger partial charge in [0.15, 0.2) is 0 Å². The van der Waals surface area contributed by atoms with E-state index in [1.54, 1.807) is 44.2 Å². The van der Waals surface area contributed by atoms with E-state index in [0.29, 0.717) is 23.5 Å². The highest BCUT2D eigenvalue weighted by atomic mass is 32.2. The van der Waals surface area contributed by atoms with E-state index in [9.17, 15) is 22.8 Å². The van der Waals surface area contributed by atoms with E-state index < -0.39 is 22.1 Å². The van der Waals surface area contributed by atoms with Gasteiger partial charge in [-0.15, -0.1) is 0 Å². The zero-order valence-corrected chi connectivity index (χ0v) is 23.1. The first-order valence-electron chi connectivity index (χ1n) is 12.0. The van der Waals surface area contributed by atoms with Crippen LogP contribution in [-0.2, 0) is 21.2 Å². The molecular formula is C27H29N3O9S. The minimum absolute atomic E-state index is 0.0619. The van der Waals surface area contributed by atoms with Crippen molar-refractivity contribution in [3.63, 3.8) is 0 Å². The van der Waals surface area contributed by atoms with E-state index in [1.165, 1.54) is 38.5 Å². The second-order valence-corrected chi connectivity index (χ2v) is 10.2. The largest absolute Gasteiger partial charge is 0.515 e. The van der Waals surface area contributed by atoms with Crippen molar-refractivity contribution in [1.29, 1.82) is 0 Å². The number of sulfonamides is 1. The normalized spacial score (nSPS) is 10.9. The van der Waals surface area contributed by atoms with Crippen LogP contribution in [0, 0.1) is 0 Å². The molecule has 0 radical (unpaired) electrons. The molecule has 0 fully saturated rings. The molecule has 2 aromatic carbocycles. The number of pyridine rings is 1. The lowest BCUT2D eigenvalue weighted by molar-refractivity contribution is 0.0715. The molecule has 40 heavy (non-hydrogen) atoms. The third-order valence-corrected chi connectivity index (χ3v) is 6.68. The molecule has 2 amide bonds. The van der Waals surface area contributed by atoms with E-state index in [4.69, 9.17) is 18.9 Å². The zero-order valence-electron chi connectivity index (χ0n) is 22.3. The van der Waals surface area contributed by atoms with Crippen LogP contribution < -0.4 is 24.2 Å². The molecule has 1 heterocycles. The maximum atomic E-state index is 12.7. The number of hydrogen-bond donors (Lipinski definition) is 2. The van der Waals surface area contributed by atoms with Crippen LogP contribution >= 0.6 is 0 Å². The molecule has 0 bridgehead atoms. The van der Waals surface area contributed by atoms with Crippen LogP contribution in [0.4, 0.5) is 4.79 Å². The van der Waals surface area contributed by atoms with Gasteiger partial charge in [0.2, 0.25) is 5.88 Å². The van der Waals surface area contributed by atoms with Crippen LogP contribution in [0.3, 0.4) is 0 Å². The Morgan fingerprint density at radius 2 is 1.65 bits per heavy atom. The van der Waals surface area contributed by atoms with Gasteiger partial charge >= 0.3 is 6.16 Å². The maximum absolute atomic E-state index is 12.7. The number of amides is 2. The number of methoxy groups -OCH3 is 2. The SMILES string of the molecule is COc1ccc(OC)c(C(=O)NCCc2ccc(S(=O)(=O)NC(=O)c3ccc(OC(=O)OC(C)C)nc3)cc2)c1. The standard InChI is InChI=1S/C27H29N3O9S/c1-17(2)38-27(33)39-24-12-7-19(16-29-24)25(31)30-40(34,35)21-9-5-18(6-10-21)13-14-28-26(32)22-15-20(36-3)8-11-23(22)37-4/h5-12,15-17H,13-14H2,1-4H3,(H,28,32)(H,30,31). The Balaban J connectivity index is 1.55. The van der Waals surface area contributed by atoms with E-state index >= 15 is 0 Å². The molecule has 0 spiro atoms. The van der Waals surface area contributed by atoms with E-state index in [1.807, 2.05) is 4.72 Å². The molecular weight excluding hydrogens is 542 g/mol. The van der Waals surface area contributed by atoms with Crippen molar-refractivity contribution in [2.75, 3.05) is 20.8 Å². The quantitative estimate of drug-likeness (QED) is 0.327. The molecule has 3 rings (SSSR count). The van der Waals surface area contributed by atoms with Crippen LogP contribution in [0.15, 0.2) is 65.7 Å². The van der Waals surface area contributed by atoms with Gasteiger partial charge in [-0.25, -0.2) is 22.9 Å². The summed E-state index contributed by atoms with van der Waals surface area (Å²) in [5.74, 6) is -0.451. The van der Waals surface area contributed by atoms with Crippen molar-refractivity contribution >= 4 is 28.0 Å². The van der Waals surface area contributed by atoms with Crippen molar-refractivity contribution in [3.05, 3.63) is 77.5 Å². The van der Waals surface area contributed by atoms with Gasteiger partial charge in [0.1, 0.15) is 11.5 Å². The number of carbonyl (C=O) groups excluding carboxylic acids is 3. The summed E-state index contributed by atoms with van der Waals surface area (Å²) in [6.07, 6.45) is 0.161. The number of hydrogen-bond acceptors (Lipinski definition) is 10. The molecule has 0 saturated carbocycles. The molecule has 0 unspecified atom stereocenters. The molecule has 0 aliphatic heterocycles. The molecule has 0 aliphatic carbocycles. The Bertz CT molecular complexity index is 1460. The van der Waals surface area contributed by atoms with Gasteiger partial charge in [0.05, 0.1) is 36.3 Å². The van der Waals surface area contributed by atoms with Crippen molar-refractivity contribution in [2.24, 2.45) is 0 Å². The van der Waals surface area contributed by atoms with Gasteiger partial charge in [-0.05, 0) is 62.2 Å². The highest BCUT2D eigenvalue weighted by Gasteiger charge is 2.20. The molecule has 212 valence electrons. The minimum atomic E-state index is -4.18. The molecule has 2 N–H and O–H groups in total. The van der Waals surface area contributed by atoms with Gasteiger partial charge in [0.25, 0.3) is 21.8 Å². The summed E-state index contributed by atoms with van der Waals surface area (Å²) >= 11 is 0. The van der Waals surface area contributed by atoms with Crippen molar-refractivity contribution < 1.29 is 41.7 Å². The van der Waals surface area contributed by atoms with Gasteiger partial charge in [-0.3, -0.25) is 9.59 Å². The average molecular weight is 572 g/mol. The predicted molar refractivity (Wildman–Crippen MR) is 143 cm³/mol. The Kier molecular flexibility index (Phi) is 10.0. The van der Waals surface area contributed by atoms with Gasteiger partial charge in [0, 0.05) is 18.8 Å². The minimum Gasteiger partial charge on any atom is -0.497 e. The van der Waals surface area contributed by atoms with E-state index in [-0.39, 0.29) is 34.9 Å². The summed E-state index contributed by atoms with van der Waals surface area (Å²) in [5, 5.41) is 2.79. The van der Waals surface area contributed by atoms with Crippen molar-refractivity contribution in [1.82, 2.24) is 15.0 Å². The fraction of sp³-hybridized carbons (Fsp3) is 0.259. The van der Waals surface area contributed by atoms with Crippen molar-refractivity contribution in [2.45, 2.75) is 31.3 Å². The molecule has 3 aromatic rings. The fourth-order valence-electron chi connectivity index (χ4n) is 3.36. The van der Waals surface area contributed by atoms with Crippen molar-refractivity contribution in [3.8, 4) is 17.4 Å². The first-order valence-corrected chi connectivity index (χ1v) is 13.5. The van der Waals surface area contributed by atoms with Crippen LogP contribution in [0.25, 0.3) is 0 Å². The van der Waals surface area contributed by atoms with Crippen LogP contribution in [-0.4, -0.2) is 58.2 Å². The Morgan fingerprint density at radius 3 is 2.25 bits per heavy atom. The first kappa shape index (κ1) is 29.9. The zero-order chi connectivity index (χ0) is 29.3. The third kappa shape index (κ3) is 8.17. The van der Waals surface area contributed by atoms with Crippen LogP contribution in [0.1, 0.15) is 40.1 Å². The Hall–Kier alpha value is -4.65. The summed E-state index contributed by atoms with van der Waals surface area (Å²) in [6, 6.07) is 13.3. The summed E-state index contributed by atoms with van der Waals surface area (Å²) in [5.41, 5.74) is 1.03. The summed E-state index contributed by atoms with van der Waals surface area (Å²) in [6.45, 7) is 3.58. The molecule has 12 nitrogen and oxygen atoms in total. The number of carbonyl (C=O) groups is 3. The monoisotopic (exact) mass is 571 g/mol. The third-order valence-electron chi connectivity index (χ3n) is 5.33. The second-order valence-electron chi connectivity index (χ2n) is 8.55. The number of aromatic nitrogens is 1. The molecule has 0 aliphatic rings.